The molecule has 1 aromatic rings. The fourth-order valence-electron chi connectivity index (χ4n) is 2.69. The van der Waals surface area contributed by atoms with E-state index >= 15 is 0 Å². The maximum atomic E-state index is 11.7. The van der Waals surface area contributed by atoms with E-state index in [1.807, 2.05) is 24.3 Å². The summed E-state index contributed by atoms with van der Waals surface area (Å²) in [5, 5.41) is 10.8. The smallest absolute Gasteiger partial charge is 0.331 e. The first-order chi connectivity index (χ1) is 14.6. The summed E-state index contributed by atoms with van der Waals surface area (Å²) in [6.45, 7) is 2.96. The Morgan fingerprint density at radius 2 is 1.80 bits per heavy atom. The predicted octanol–water partition coefficient (Wildman–Crippen LogP) is 4.43. The van der Waals surface area contributed by atoms with E-state index in [4.69, 9.17) is 4.74 Å². The van der Waals surface area contributed by atoms with E-state index in [-0.39, 0.29) is 4.91 Å². The van der Waals surface area contributed by atoms with Gasteiger partial charge in [-0.25, -0.2) is 4.79 Å². The molecule has 1 aliphatic rings. The van der Waals surface area contributed by atoms with Crippen molar-refractivity contribution < 1.29 is 19.1 Å². The number of thioether (sulfide) groups is 1. The molecule has 1 heterocycles. The standard InChI is InChI=1S/C22H29N3O4S/c1-3-4-5-6-7-8-9-14-29-18-12-10-17(11-13-18)16-23-25-22-24-21(27)19(30-22)15-20(26)28-2/h10-13,15-16H,3-9,14H2,1-2H3,(H,24,25,27)/b19-15+,23-16?. The third kappa shape index (κ3) is 8.82. The molecular weight excluding hydrogens is 402 g/mol. The molecule has 0 radical (unpaired) electrons. The summed E-state index contributed by atoms with van der Waals surface area (Å²) >= 11 is 1.03. The van der Waals surface area contributed by atoms with Crippen molar-refractivity contribution >= 4 is 35.0 Å². The molecule has 0 bridgehead atoms. The number of carbonyl (C=O) groups is 2. The summed E-state index contributed by atoms with van der Waals surface area (Å²) in [6, 6.07) is 7.59. The molecule has 0 saturated carbocycles. The van der Waals surface area contributed by atoms with Gasteiger partial charge in [0.05, 0.1) is 24.8 Å². The monoisotopic (exact) mass is 431 g/mol. The van der Waals surface area contributed by atoms with E-state index in [1.54, 1.807) is 6.21 Å². The van der Waals surface area contributed by atoms with Gasteiger partial charge < -0.3 is 9.47 Å². The van der Waals surface area contributed by atoms with Gasteiger partial charge in [0, 0.05) is 6.08 Å². The summed E-state index contributed by atoms with van der Waals surface area (Å²) in [7, 11) is 1.25. The van der Waals surface area contributed by atoms with Gasteiger partial charge >= 0.3 is 5.97 Å². The van der Waals surface area contributed by atoms with Crippen molar-refractivity contribution in [1.82, 2.24) is 5.32 Å². The number of benzene rings is 1. The van der Waals surface area contributed by atoms with Crippen LogP contribution < -0.4 is 10.1 Å². The number of nitrogens with one attached hydrogen (secondary N) is 1. The average Bonchev–Trinajstić information content (AvgIpc) is 3.10. The number of ether oxygens (including phenoxy) is 2. The normalized spacial score (nSPS) is 16.4. The van der Waals surface area contributed by atoms with Crippen molar-refractivity contribution in [3.05, 3.63) is 40.8 Å². The van der Waals surface area contributed by atoms with E-state index in [0.29, 0.717) is 5.17 Å². The Morgan fingerprint density at radius 1 is 1.10 bits per heavy atom. The van der Waals surface area contributed by atoms with E-state index in [2.05, 4.69) is 27.2 Å². The fraction of sp³-hybridized carbons (Fsp3) is 0.455. The van der Waals surface area contributed by atoms with Crippen LogP contribution in [0.15, 0.2) is 45.4 Å². The van der Waals surface area contributed by atoms with E-state index in [1.165, 1.54) is 45.6 Å². The third-order valence-corrected chi connectivity index (χ3v) is 5.25. The zero-order chi connectivity index (χ0) is 21.6. The van der Waals surface area contributed by atoms with E-state index < -0.39 is 11.9 Å². The minimum Gasteiger partial charge on any atom is -0.494 e. The minimum absolute atomic E-state index is 0.221. The topological polar surface area (TPSA) is 89.4 Å². The number of hydrogen-bond donors (Lipinski definition) is 1. The number of nitrogens with zero attached hydrogens (tertiary/aromatic N) is 2. The fourth-order valence-corrected chi connectivity index (χ4v) is 3.43. The summed E-state index contributed by atoms with van der Waals surface area (Å²) in [4.78, 5) is 23.2. The molecule has 8 heteroatoms. The molecule has 1 aromatic carbocycles. The number of esters is 1. The molecule has 1 aliphatic heterocycles. The molecule has 0 atom stereocenters. The van der Waals surface area contributed by atoms with Gasteiger partial charge in [-0.2, -0.15) is 5.10 Å². The van der Waals surface area contributed by atoms with Crippen LogP contribution in [0.2, 0.25) is 0 Å². The number of amides is 1. The maximum absolute atomic E-state index is 11.7. The third-order valence-electron chi connectivity index (χ3n) is 4.35. The summed E-state index contributed by atoms with van der Waals surface area (Å²) in [6.07, 6.45) is 11.5. The number of carbonyl (C=O) groups excluding carboxylic acids is 2. The Hall–Kier alpha value is -2.61. The second-order valence-electron chi connectivity index (χ2n) is 6.78. The first-order valence-corrected chi connectivity index (χ1v) is 11.1. The zero-order valence-corrected chi connectivity index (χ0v) is 18.4. The largest absolute Gasteiger partial charge is 0.494 e. The minimum atomic E-state index is -0.591. The van der Waals surface area contributed by atoms with Crippen LogP contribution in [0.3, 0.4) is 0 Å². The van der Waals surface area contributed by atoms with Crippen molar-refractivity contribution in [2.75, 3.05) is 13.7 Å². The Labute approximate surface area is 182 Å². The Morgan fingerprint density at radius 3 is 2.50 bits per heavy atom. The van der Waals surface area contributed by atoms with Gasteiger partial charge in [0.2, 0.25) is 0 Å². The number of methoxy groups -OCH3 is 1. The van der Waals surface area contributed by atoms with Crippen LogP contribution in [-0.4, -0.2) is 37.0 Å². The molecule has 0 aliphatic carbocycles. The Kier molecular flexibility index (Phi) is 10.7. The lowest BCUT2D eigenvalue weighted by molar-refractivity contribution is -0.135. The summed E-state index contributed by atoms with van der Waals surface area (Å²) in [5.74, 6) is -0.158. The van der Waals surface area contributed by atoms with Gasteiger partial charge in [-0.15, -0.1) is 5.10 Å². The van der Waals surface area contributed by atoms with Gasteiger partial charge in [0.1, 0.15) is 5.75 Å². The zero-order valence-electron chi connectivity index (χ0n) is 17.6. The number of rotatable bonds is 12. The molecule has 1 amide bonds. The average molecular weight is 432 g/mol. The first kappa shape index (κ1) is 23.7. The predicted molar refractivity (Wildman–Crippen MR) is 121 cm³/mol. The lowest BCUT2D eigenvalue weighted by Crippen LogP contribution is -2.19. The van der Waals surface area contributed by atoms with Crippen LogP contribution in [0.25, 0.3) is 0 Å². The van der Waals surface area contributed by atoms with Crippen LogP contribution in [-0.2, 0) is 14.3 Å². The second-order valence-corrected chi connectivity index (χ2v) is 7.81. The molecule has 0 unspecified atom stereocenters. The molecule has 7 nitrogen and oxygen atoms in total. The highest BCUT2D eigenvalue weighted by molar-refractivity contribution is 8.18. The molecular formula is C22H29N3O4S. The quantitative estimate of drug-likeness (QED) is 0.174. The molecule has 1 N–H and O–H groups in total. The Balaban J connectivity index is 1.72. The van der Waals surface area contributed by atoms with Crippen LogP contribution in [0.5, 0.6) is 5.75 Å². The lowest BCUT2D eigenvalue weighted by atomic mass is 10.1. The molecule has 162 valence electrons. The molecule has 0 aromatic heterocycles. The summed E-state index contributed by atoms with van der Waals surface area (Å²) < 4.78 is 10.3. The van der Waals surface area contributed by atoms with Crippen molar-refractivity contribution in [2.24, 2.45) is 10.2 Å². The highest BCUT2D eigenvalue weighted by Crippen LogP contribution is 2.23. The van der Waals surface area contributed by atoms with E-state index in [0.717, 1.165) is 42.2 Å². The number of hydrogen-bond acceptors (Lipinski definition) is 7. The lowest BCUT2D eigenvalue weighted by Gasteiger charge is -2.06. The second kappa shape index (κ2) is 13.6. The van der Waals surface area contributed by atoms with Gasteiger partial charge in [0.25, 0.3) is 5.91 Å². The first-order valence-electron chi connectivity index (χ1n) is 10.2. The molecule has 1 saturated heterocycles. The van der Waals surface area contributed by atoms with Crippen LogP contribution >= 0.6 is 11.8 Å². The molecule has 1 fully saturated rings. The van der Waals surface area contributed by atoms with Crippen molar-refractivity contribution in [3.8, 4) is 5.75 Å². The highest BCUT2D eigenvalue weighted by atomic mass is 32.2. The number of amidine groups is 1. The highest BCUT2D eigenvalue weighted by Gasteiger charge is 2.24. The van der Waals surface area contributed by atoms with Gasteiger partial charge in [-0.3, -0.25) is 10.1 Å². The van der Waals surface area contributed by atoms with E-state index in [9.17, 15) is 9.59 Å². The van der Waals surface area contributed by atoms with Crippen molar-refractivity contribution in [1.29, 1.82) is 0 Å². The maximum Gasteiger partial charge on any atom is 0.331 e. The SMILES string of the molecule is CCCCCCCCCOc1ccc(C=N/N=C2/NC(=O)/C(=C\C(=O)OC)S2)cc1. The van der Waals surface area contributed by atoms with Gasteiger partial charge in [0.15, 0.2) is 5.17 Å². The van der Waals surface area contributed by atoms with Gasteiger partial charge in [-0.05, 0) is 48.0 Å². The van der Waals surface area contributed by atoms with Crippen LogP contribution in [0, 0.1) is 0 Å². The summed E-state index contributed by atoms with van der Waals surface area (Å²) in [5.41, 5.74) is 0.863. The van der Waals surface area contributed by atoms with Crippen LogP contribution in [0.4, 0.5) is 0 Å². The Bertz CT molecular complexity index is 788. The van der Waals surface area contributed by atoms with Gasteiger partial charge in [-0.1, -0.05) is 45.4 Å². The molecule has 30 heavy (non-hydrogen) atoms. The van der Waals surface area contributed by atoms with Crippen molar-refractivity contribution in [2.45, 2.75) is 51.9 Å². The van der Waals surface area contributed by atoms with Crippen LogP contribution in [0.1, 0.15) is 57.4 Å². The molecule has 2 rings (SSSR count). The van der Waals surface area contributed by atoms with Crippen molar-refractivity contribution in [3.63, 3.8) is 0 Å². The number of unbranched alkanes of at least 4 members (excludes halogenated alkanes) is 6. The molecule has 0 spiro atoms.